The third kappa shape index (κ3) is 3.77. The van der Waals surface area contributed by atoms with E-state index < -0.39 is 10.0 Å². The van der Waals surface area contributed by atoms with Crippen LogP contribution in [0.15, 0.2) is 47.5 Å². The highest BCUT2D eigenvalue weighted by atomic mass is 32.2. The first-order valence-electron chi connectivity index (χ1n) is 5.95. The minimum atomic E-state index is -3.73. The number of sulfonamides is 1. The van der Waals surface area contributed by atoms with Crippen LogP contribution in [0, 0.1) is 0 Å². The topological polar surface area (TPSA) is 108 Å². The lowest BCUT2D eigenvalue weighted by molar-refractivity contribution is 0.461. The number of hydrogen-bond acceptors (Lipinski definition) is 5. The van der Waals surface area contributed by atoms with Crippen LogP contribution in [0.2, 0.25) is 0 Å². The Kier molecular flexibility index (Phi) is 4.33. The number of primary sulfonamides is 1. The summed E-state index contributed by atoms with van der Waals surface area (Å²) in [6.07, 6.45) is 1.97. The fourth-order valence-electron chi connectivity index (χ4n) is 1.61. The zero-order chi connectivity index (χ0) is 14.6. The van der Waals surface area contributed by atoms with Crippen LogP contribution in [-0.4, -0.2) is 19.9 Å². The number of nitrogens with zero attached hydrogens (tertiary/aromatic N) is 1. The maximum Gasteiger partial charge on any atom is 0.239 e. The first-order valence-corrected chi connectivity index (χ1v) is 7.49. The molecule has 2 aromatic rings. The van der Waals surface area contributed by atoms with E-state index in [9.17, 15) is 8.42 Å². The molecule has 1 aromatic carbocycles. The van der Waals surface area contributed by atoms with Gasteiger partial charge in [0.15, 0.2) is 0 Å². The number of pyridine rings is 1. The van der Waals surface area contributed by atoms with Crippen molar-refractivity contribution in [3.63, 3.8) is 0 Å². The van der Waals surface area contributed by atoms with Crippen LogP contribution in [0.4, 0.5) is 0 Å². The van der Waals surface area contributed by atoms with E-state index in [1.54, 1.807) is 12.1 Å². The zero-order valence-corrected chi connectivity index (χ0v) is 11.5. The van der Waals surface area contributed by atoms with Gasteiger partial charge in [0.1, 0.15) is 10.6 Å². The van der Waals surface area contributed by atoms with Crippen LogP contribution < -0.4 is 15.6 Å². The van der Waals surface area contributed by atoms with E-state index >= 15 is 0 Å². The Hall–Kier alpha value is -1.96. The highest BCUT2D eigenvalue weighted by Crippen LogP contribution is 2.20. The van der Waals surface area contributed by atoms with Crippen LogP contribution in [-0.2, 0) is 16.4 Å². The number of aromatic nitrogens is 1. The van der Waals surface area contributed by atoms with Gasteiger partial charge in [0, 0.05) is 6.07 Å². The highest BCUT2D eigenvalue weighted by Gasteiger charge is 2.08. The van der Waals surface area contributed by atoms with Crippen molar-refractivity contribution in [3.05, 3.63) is 48.2 Å². The van der Waals surface area contributed by atoms with Gasteiger partial charge in [-0.2, -0.15) is 0 Å². The average molecular weight is 293 g/mol. The maximum absolute atomic E-state index is 11.1. The average Bonchev–Trinajstić information content (AvgIpc) is 2.41. The zero-order valence-electron chi connectivity index (χ0n) is 10.7. The lowest BCUT2D eigenvalue weighted by atomic mass is 10.1. The van der Waals surface area contributed by atoms with E-state index in [-0.39, 0.29) is 4.90 Å². The standard InChI is InChI=1S/C13H15N3O3S/c14-8-7-10-1-3-11(4-2-10)19-13-6-5-12(9-16-13)20(15,17)18/h1-6,9H,7-8,14H2,(H2,15,17,18). The number of ether oxygens (including phenoxy) is 1. The largest absolute Gasteiger partial charge is 0.439 e. The quantitative estimate of drug-likeness (QED) is 0.855. The Balaban J connectivity index is 2.10. The second-order valence-electron chi connectivity index (χ2n) is 4.16. The summed E-state index contributed by atoms with van der Waals surface area (Å²) in [5.74, 6) is 0.908. The van der Waals surface area contributed by atoms with Crippen molar-refractivity contribution in [1.82, 2.24) is 4.98 Å². The van der Waals surface area contributed by atoms with Crippen molar-refractivity contribution in [2.75, 3.05) is 6.54 Å². The van der Waals surface area contributed by atoms with Gasteiger partial charge in [-0.1, -0.05) is 12.1 Å². The highest BCUT2D eigenvalue weighted by molar-refractivity contribution is 7.89. The molecule has 6 nitrogen and oxygen atoms in total. The number of rotatable bonds is 5. The number of benzene rings is 1. The first-order chi connectivity index (χ1) is 9.49. The van der Waals surface area contributed by atoms with Gasteiger partial charge in [-0.15, -0.1) is 0 Å². The van der Waals surface area contributed by atoms with E-state index in [1.165, 1.54) is 12.1 Å². The van der Waals surface area contributed by atoms with Crippen molar-refractivity contribution >= 4 is 10.0 Å². The van der Waals surface area contributed by atoms with Crippen LogP contribution in [0.3, 0.4) is 0 Å². The smallest absolute Gasteiger partial charge is 0.239 e. The van der Waals surface area contributed by atoms with Crippen molar-refractivity contribution in [2.45, 2.75) is 11.3 Å². The summed E-state index contributed by atoms with van der Waals surface area (Å²) < 4.78 is 27.7. The summed E-state index contributed by atoms with van der Waals surface area (Å²) in [7, 11) is -3.73. The molecule has 0 atom stereocenters. The minimum Gasteiger partial charge on any atom is -0.439 e. The molecule has 0 saturated carbocycles. The monoisotopic (exact) mass is 293 g/mol. The Labute approximate surface area is 117 Å². The van der Waals surface area contributed by atoms with E-state index in [1.807, 2.05) is 12.1 Å². The van der Waals surface area contributed by atoms with Gasteiger partial charge in [0.05, 0.1) is 6.20 Å². The fraction of sp³-hybridized carbons (Fsp3) is 0.154. The summed E-state index contributed by atoms with van der Waals surface area (Å²) in [5, 5.41) is 4.99. The predicted octanol–water partition coefficient (Wildman–Crippen LogP) is 1.02. The van der Waals surface area contributed by atoms with E-state index in [4.69, 9.17) is 15.6 Å². The molecule has 0 fully saturated rings. The normalized spacial score (nSPS) is 11.3. The Morgan fingerprint density at radius 2 is 1.80 bits per heavy atom. The SMILES string of the molecule is NCCc1ccc(Oc2ccc(S(N)(=O)=O)cn2)cc1. The van der Waals surface area contributed by atoms with Gasteiger partial charge in [-0.3, -0.25) is 0 Å². The lowest BCUT2D eigenvalue weighted by Gasteiger charge is -2.06. The summed E-state index contributed by atoms with van der Waals surface area (Å²) in [6.45, 7) is 0.594. The van der Waals surface area contributed by atoms with Crippen molar-refractivity contribution < 1.29 is 13.2 Å². The van der Waals surface area contributed by atoms with Crippen molar-refractivity contribution in [2.24, 2.45) is 10.9 Å². The molecule has 2 rings (SSSR count). The molecule has 0 spiro atoms. The fourth-order valence-corrected chi connectivity index (χ4v) is 2.06. The molecule has 1 heterocycles. The van der Waals surface area contributed by atoms with Gasteiger partial charge in [-0.05, 0) is 36.7 Å². The molecule has 0 aliphatic carbocycles. The second kappa shape index (κ2) is 6.00. The third-order valence-electron chi connectivity index (χ3n) is 2.62. The van der Waals surface area contributed by atoms with Crippen LogP contribution in [0.5, 0.6) is 11.6 Å². The Morgan fingerprint density at radius 3 is 2.30 bits per heavy atom. The molecule has 106 valence electrons. The summed E-state index contributed by atoms with van der Waals surface area (Å²) >= 11 is 0. The molecule has 0 bridgehead atoms. The second-order valence-corrected chi connectivity index (χ2v) is 5.72. The molecule has 1 aromatic heterocycles. The first kappa shape index (κ1) is 14.4. The summed E-state index contributed by atoms with van der Waals surface area (Å²) in [6, 6.07) is 10.2. The molecule has 20 heavy (non-hydrogen) atoms. The molecule has 0 radical (unpaired) electrons. The number of nitrogens with two attached hydrogens (primary N) is 2. The van der Waals surface area contributed by atoms with E-state index in [0.29, 0.717) is 18.2 Å². The molecular formula is C13H15N3O3S. The lowest BCUT2D eigenvalue weighted by Crippen LogP contribution is -2.12. The Bertz CT molecular complexity index is 667. The molecule has 0 saturated heterocycles. The predicted molar refractivity (Wildman–Crippen MR) is 74.9 cm³/mol. The van der Waals surface area contributed by atoms with Gasteiger partial charge in [0.25, 0.3) is 0 Å². The van der Waals surface area contributed by atoms with Crippen molar-refractivity contribution in [3.8, 4) is 11.6 Å². The van der Waals surface area contributed by atoms with Gasteiger partial charge >= 0.3 is 0 Å². The Morgan fingerprint density at radius 1 is 1.10 bits per heavy atom. The molecular weight excluding hydrogens is 278 g/mol. The molecule has 0 aliphatic rings. The number of hydrogen-bond donors (Lipinski definition) is 2. The summed E-state index contributed by atoms with van der Waals surface area (Å²) in [5.41, 5.74) is 6.59. The molecule has 4 N–H and O–H groups in total. The molecule has 0 unspecified atom stereocenters. The van der Waals surface area contributed by atoms with Crippen LogP contribution >= 0.6 is 0 Å². The summed E-state index contributed by atoms with van der Waals surface area (Å²) in [4.78, 5) is 3.85. The maximum atomic E-state index is 11.1. The van der Waals surface area contributed by atoms with E-state index in [2.05, 4.69) is 4.98 Å². The third-order valence-corrected chi connectivity index (χ3v) is 3.52. The van der Waals surface area contributed by atoms with Crippen molar-refractivity contribution in [1.29, 1.82) is 0 Å². The van der Waals surface area contributed by atoms with Crippen LogP contribution in [0.25, 0.3) is 0 Å². The molecule has 0 amide bonds. The minimum absolute atomic E-state index is 0.0526. The van der Waals surface area contributed by atoms with Gasteiger partial charge < -0.3 is 10.5 Å². The van der Waals surface area contributed by atoms with E-state index in [0.717, 1.165) is 18.2 Å². The van der Waals surface area contributed by atoms with Crippen LogP contribution in [0.1, 0.15) is 5.56 Å². The van der Waals surface area contributed by atoms with Gasteiger partial charge in [0.2, 0.25) is 15.9 Å². The molecule has 0 aliphatic heterocycles. The molecule has 7 heteroatoms. The van der Waals surface area contributed by atoms with Gasteiger partial charge in [-0.25, -0.2) is 18.5 Å².